The van der Waals surface area contributed by atoms with Crippen molar-refractivity contribution in [3.8, 4) is 0 Å². The highest BCUT2D eigenvalue weighted by atomic mass is 35.5. The molecule has 3 aromatic rings. The Bertz CT molecular complexity index is 917. The summed E-state index contributed by atoms with van der Waals surface area (Å²) in [5, 5.41) is 4.27. The summed E-state index contributed by atoms with van der Waals surface area (Å²) in [5.41, 5.74) is 0.992. The minimum absolute atomic E-state index is 0.0231. The summed E-state index contributed by atoms with van der Waals surface area (Å²) in [4.78, 5) is 24.1. The molecule has 4 nitrogen and oxygen atoms in total. The van der Waals surface area contributed by atoms with Crippen LogP contribution in [0, 0.1) is 0 Å². The standard InChI is InChI=1S/C18H17ClN2O2S/c19-14-6-3-5-13(11-14)12-20-17(22)9-4-10-21-18(23)15-7-1-2-8-16(15)24-21/h1-3,5-8,11H,4,9-10,12H2,(H,20,22). The zero-order valence-electron chi connectivity index (χ0n) is 13.0. The van der Waals surface area contributed by atoms with E-state index in [1.165, 1.54) is 11.5 Å². The molecule has 1 N–H and O–H groups in total. The number of halogens is 1. The fraction of sp³-hybridized carbons (Fsp3) is 0.222. The van der Waals surface area contributed by atoms with Gasteiger partial charge in [-0.15, -0.1) is 0 Å². The first-order valence-corrected chi connectivity index (χ1v) is 8.88. The highest BCUT2D eigenvalue weighted by Gasteiger charge is 2.07. The fourth-order valence-corrected chi connectivity index (χ4v) is 3.73. The topological polar surface area (TPSA) is 51.1 Å². The molecule has 0 saturated heterocycles. The van der Waals surface area contributed by atoms with Crippen LogP contribution in [0.1, 0.15) is 18.4 Å². The van der Waals surface area contributed by atoms with Gasteiger partial charge >= 0.3 is 0 Å². The van der Waals surface area contributed by atoms with Crippen molar-refractivity contribution in [3.05, 3.63) is 69.5 Å². The maximum Gasteiger partial charge on any atom is 0.268 e. The van der Waals surface area contributed by atoms with Gasteiger partial charge in [0, 0.05) is 24.5 Å². The Kier molecular flexibility index (Phi) is 5.33. The second-order valence-corrected chi connectivity index (χ2v) is 7.00. The number of carbonyl (C=O) groups excluding carboxylic acids is 1. The molecule has 0 radical (unpaired) electrons. The van der Waals surface area contributed by atoms with Crippen LogP contribution in [0.15, 0.2) is 53.3 Å². The summed E-state index contributed by atoms with van der Waals surface area (Å²) in [6.45, 7) is 1.02. The monoisotopic (exact) mass is 360 g/mol. The maximum atomic E-state index is 12.2. The van der Waals surface area contributed by atoms with Crippen LogP contribution in [-0.2, 0) is 17.9 Å². The number of carbonyl (C=O) groups is 1. The first-order valence-electron chi connectivity index (χ1n) is 7.73. The zero-order chi connectivity index (χ0) is 16.9. The minimum atomic E-state index is -0.0239. The van der Waals surface area contributed by atoms with Crippen LogP contribution in [0.4, 0.5) is 0 Å². The molecule has 2 aromatic carbocycles. The molecule has 124 valence electrons. The third-order valence-electron chi connectivity index (χ3n) is 3.70. The van der Waals surface area contributed by atoms with Crippen molar-refractivity contribution >= 4 is 39.1 Å². The molecule has 3 rings (SSSR count). The summed E-state index contributed by atoms with van der Waals surface area (Å²) in [6, 6.07) is 15.0. The number of aromatic nitrogens is 1. The van der Waals surface area contributed by atoms with Crippen LogP contribution in [-0.4, -0.2) is 9.86 Å². The van der Waals surface area contributed by atoms with E-state index in [9.17, 15) is 9.59 Å². The third-order valence-corrected chi connectivity index (χ3v) is 5.05. The number of hydrogen-bond acceptors (Lipinski definition) is 3. The molecule has 0 spiro atoms. The van der Waals surface area contributed by atoms with Crippen LogP contribution in [0.5, 0.6) is 0 Å². The Hall–Kier alpha value is -2.11. The van der Waals surface area contributed by atoms with Gasteiger partial charge in [0.2, 0.25) is 5.91 Å². The summed E-state index contributed by atoms with van der Waals surface area (Å²) in [5.74, 6) is -0.0239. The number of hydrogen-bond donors (Lipinski definition) is 1. The van der Waals surface area contributed by atoms with E-state index in [0.29, 0.717) is 31.0 Å². The lowest BCUT2D eigenvalue weighted by molar-refractivity contribution is -0.121. The summed E-state index contributed by atoms with van der Waals surface area (Å²) >= 11 is 7.36. The minimum Gasteiger partial charge on any atom is -0.352 e. The van der Waals surface area contributed by atoms with Gasteiger partial charge < -0.3 is 5.32 Å². The molecule has 0 aliphatic rings. The lowest BCUT2D eigenvalue weighted by Crippen LogP contribution is -2.23. The third kappa shape index (κ3) is 4.04. The number of amides is 1. The molecule has 1 amide bonds. The zero-order valence-corrected chi connectivity index (χ0v) is 14.6. The fourth-order valence-electron chi connectivity index (χ4n) is 2.48. The molecule has 0 aliphatic heterocycles. The molecule has 6 heteroatoms. The van der Waals surface area contributed by atoms with Crippen LogP contribution in [0.2, 0.25) is 5.02 Å². The second-order valence-electron chi connectivity index (χ2n) is 5.50. The van der Waals surface area contributed by atoms with Gasteiger partial charge in [-0.3, -0.25) is 13.5 Å². The molecule has 1 aromatic heterocycles. The van der Waals surface area contributed by atoms with Crippen LogP contribution < -0.4 is 10.9 Å². The predicted molar refractivity (Wildman–Crippen MR) is 98.6 cm³/mol. The van der Waals surface area contributed by atoms with Gasteiger partial charge in [0.15, 0.2) is 0 Å². The summed E-state index contributed by atoms with van der Waals surface area (Å²) < 4.78 is 2.70. The van der Waals surface area contributed by atoms with E-state index >= 15 is 0 Å². The van der Waals surface area contributed by atoms with Gasteiger partial charge in [-0.2, -0.15) is 0 Å². The lowest BCUT2D eigenvalue weighted by Gasteiger charge is -2.06. The van der Waals surface area contributed by atoms with E-state index in [-0.39, 0.29) is 11.5 Å². The maximum absolute atomic E-state index is 12.2. The van der Waals surface area contributed by atoms with Gasteiger partial charge in [0.25, 0.3) is 5.56 Å². The van der Waals surface area contributed by atoms with Crippen LogP contribution >= 0.6 is 23.1 Å². The highest BCUT2D eigenvalue weighted by molar-refractivity contribution is 7.13. The Balaban J connectivity index is 1.49. The molecule has 24 heavy (non-hydrogen) atoms. The Morgan fingerprint density at radius 2 is 2.00 bits per heavy atom. The number of aryl methyl sites for hydroxylation is 1. The molecule has 0 aliphatic carbocycles. The molecule has 0 bridgehead atoms. The van der Waals surface area contributed by atoms with E-state index in [1.54, 1.807) is 10.0 Å². The van der Waals surface area contributed by atoms with Gasteiger partial charge in [0.05, 0.1) is 10.1 Å². The summed E-state index contributed by atoms with van der Waals surface area (Å²) in [7, 11) is 0. The first kappa shape index (κ1) is 16.7. The Morgan fingerprint density at radius 1 is 1.17 bits per heavy atom. The van der Waals surface area contributed by atoms with Crippen molar-refractivity contribution in [2.24, 2.45) is 0 Å². The first-order chi connectivity index (χ1) is 11.6. The van der Waals surface area contributed by atoms with Gasteiger partial charge in [-0.1, -0.05) is 47.4 Å². The van der Waals surface area contributed by atoms with Crippen LogP contribution in [0.25, 0.3) is 10.1 Å². The number of rotatable bonds is 6. The SMILES string of the molecule is O=C(CCCn1sc2ccccc2c1=O)NCc1cccc(Cl)c1. The highest BCUT2D eigenvalue weighted by Crippen LogP contribution is 2.16. The lowest BCUT2D eigenvalue weighted by atomic mass is 10.2. The molecule has 1 heterocycles. The van der Waals surface area contributed by atoms with Crippen molar-refractivity contribution in [2.45, 2.75) is 25.9 Å². The van der Waals surface area contributed by atoms with Gasteiger partial charge in [-0.05, 0) is 36.2 Å². The summed E-state index contributed by atoms with van der Waals surface area (Å²) in [6.07, 6.45) is 1.02. The largest absolute Gasteiger partial charge is 0.352 e. The Morgan fingerprint density at radius 3 is 2.79 bits per heavy atom. The van der Waals surface area contributed by atoms with Crippen molar-refractivity contribution < 1.29 is 4.79 Å². The van der Waals surface area contributed by atoms with Crippen molar-refractivity contribution in [1.82, 2.24) is 9.27 Å². The van der Waals surface area contributed by atoms with Crippen molar-refractivity contribution in [3.63, 3.8) is 0 Å². The average molecular weight is 361 g/mol. The smallest absolute Gasteiger partial charge is 0.268 e. The van der Waals surface area contributed by atoms with E-state index < -0.39 is 0 Å². The number of nitrogens with one attached hydrogen (secondary N) is 1. The van der Waals surface area contributed by atoms with E-state index in [1.807, 2.05) is 42.5 Å². The average Bonchev–Trinajstić information content (AvgIpc) is 2.90. The van der Waals surface area contributed by atoms with Gasteiger partial charge in [0.1, 0.15) is 0 Å². The molecule has 0 fully saturated rings. The molecule has 0 saturated carbocycles. The normalized spacial score (nSPS) is 10.9. The van der Waals surface area contributed by atoms with Gasteiger partial charge in [-0.25, -0.2) is 0 Å². The number of fused-ring (bicyclic) bond motifs is 1. The molecular formula is C18H17ClN2O2S. The molecule has 0 unspecified atom stereocenters. The number of nitrogens with zero attached hydrogens (tertiary/aromatic N) is 1. The molecular weight excluding hydrogens is 344 g/mol. The van der Waals surface area contributed by atoms with Crippen LogP contribution in [0.3, 0.4) is 0 Å². The second kappa shape index (κ2) is 7.64. The van der Waals surface area contributed by atoms with E-state index in [0.717, 1.165) is 15.6 Å². The van der Waals surface area contributed by atoms with E-state index in [2.05, 4.69) is 5.32 Å². The van der Waals surface area contributed by atoms with E-state index in [4.69, 9.17) is 11.6 Å². The quantitative estimate of drug-likeness (QED) is 0.726. The molecule has 0 atom stereocenters. The predicted octanol–water partition coefficient (Wildman–Crippen LogP) is 3.81. The number of benzene rings is 2. The van der Waals surface area contributed by atoms with Crippen molar-refractivity contribution in [1.29, 1.82) is 0 Å². The Labute approximate surface area is 148 Å². The van der Waals surface area contributed by atoms with Crippen molar-refractivity contribution in [2.75, 3.05) is 0 Å².